The number of nitrogens with one attached hydrogen (secondary N) is 1. The molecule has 1 aromatic heterocycles. The Kier molecular flexibility index (Phi) is 5.08. The molecule has 3 aromatic rings. The van der Waals surface area contributed by atoms with E-state index in [4.69, 9.17) is 10.5 Å². The highest BCUT2D eigenvalue weighted by Gasteiger charge is 2.16. The maximum atomic E-state index is 12.6. The molecular formula is C21H19N3O3S. The second kappa shape index (κ2) is 7.82. The predicted octanol–water partition coefficient (Wildman–Crippen LogP) is 3.42. The number of benzene rings is 2. The first kappa shape index (κ1) is 18.2. The van der Waals surface area contributed by atoms with Crippen molar-refractivity contribution in [2.45, 2.75) is 19.3 Å². The van der Waals surface area contributed by atoms with Gasteiger partial charge in [-0.05, 0) is 48.6 Å². The standard InChI is InChI=1S/C21H19N3O3S/c22-19(25)11-27-18-7-2-1-6-16(18)20(26)24-21-23-17(12-28-21)15-9-8-13-4-3-5-14(13)10-15/h1-2,6-10,12H,3-5,11H2,(H2,22,25)(H,23,24,26). The smallest absolute Gasteiger partial charge is 0.261 e. The number of aromatic nitrogens is 1. The van der Waals surface area contributed by atoms with Gasteiger partial charge in [0, 0.05) is 10.9 Å². The summed E-state index contributed by atoms with van der Waals surface area (Å²) in [7, 11) is 0. The highest BCUT2D eigenvalue weighted by molar-refractivity contribution is 7.14. The van der Waals surface area contributed by atoms with Crippen LogP contribution in [0.2, 0.25) is 0 Å². The van der Waals surface area contributed by atoms with Gasteiger partial charge in [-0.2, -0.15) is 0 Å². The summed E-state index contributed by atoms with van der Waals surface area (Å²) in [6, 6.07) is 13.1. The Morgan fingerprint density at radius 3 is 2.82 bits per heavy atom. The van der Waals surface area contributed by atoms with Crippen LogP contribution in [0, 0.1) is 0 Å². The molecule has 0 saturated carbocycles. The number of carbonyl (C=O) groups excluding carboxylic acids is 2. The van der Waals surface area contributed by atoms with Gasteiger partial charge >= 0.3 is 0 Å². The maximum absolute atomic E-state index is 12.6. The molecule has 2 aromatic carbocycles. The molecule has 0 spiro atoms. The number of nitrogens with two attached hydrogens (primary N) is 1. The zero-order valence-electron chi connectivity index (χ0n) is 15.1. The Morgan fingerprint density at radius 1 is 1.14 bits per heavy atom. The van der Waals surface area contributed by atoms with Crippen molar-refractivity contribution in [2.75, 3.05) is 11.9 Å². The van der Waals surface area contributed by atoms with Crippen molar-refractivity contribution in [1.29, 1.82) is 0 Å². The number of anilines is 1. The molecule has 0 aliphatic heterocycles. The van der Waals surface area contributed by atoms with E-state index in [9.17, 15) is 9.59 Å². The molecule has 0 radical (unpaired) electrons. The molecule has 1 heterocycles. The highest BCUT2D eigenvalue weighted by atomic mass is 32.1. The molecule has 6 nitrogen and oxygen atoms in total. The van der Waals surface area contributed by atoms with Gasteiger partial charge in [0.15, 0.2) is 11.7 Å². The van der Waals surface area contributed by atoms with Crippen molar-refractivity contribution in [1.82, 2.24) is 4.98 Å². The number of para-hydroxylation sites is 1. The molecule has 0 fully saturated rings. The summed E-state index contributed by atoms with van der Waals surface area (Å²) in [6.07, 6.45) is 3.46. The van der Waals surface area contributed by atoms with E-state index < -0.39 is 5.91 Å². The zero-order valence-corrected chi connectivity index (χ0v) is 15.9. The summed E-state index contributed by atoms with van der Waals surface area (Å²) >= 11 is 1.37. The van der Waals surface area contributed by atoms with Crippen LogP contribution in [0.5, 0.6) is 5.75 Å². The number of nitrogens with zero attached hydrogens (tertiary/aromatic N) is 1. The van der Waals surface area contributed by atoms with Crippen LogP contribution in [-0.2, 0) is 17.6 Å². The average Bonchev–Trinajstić information content (AvgIpc) is 3.35. The Balaban J connectivity index is 1.50. The lowest BCUT2D eigenvalue weighted by Gasteiger charge is -2.09. The van der Waals surface area contributed by atoms with Crippen LogP contribution in [0.25, 0.3) is 11.3 Å². The molecule has 0 unspecified atom stereocenters. The first-order chi connectivity index (χ1) is 13.6. The number of rotatable bonds is 6. The minimum atomic E-state index is -0.603. The van der Waals surface area contributed by atoms with Gasteiger partial charge in [-0.25, -0.2) is 4.98 Å². The van der Waals surface area contributed by atoms with Gasteiger partial charge in [0.1, 0.15) is 5.75 Å². The van der Waals surface area contributed by atoms with Gasteiger partial charge in [-0.15, -0.1) is 11.3 Å². The lowest BCUT2D eigenvalue weighted by atomic mass is 10.1. The second-order valence-corrected chi connectivity index (χ2v) is 7.44. The predicted molar refractivity (Wildman–Crippen MR) is 109 cm³/mol. The molecule has 1 aliphatic carbocycles. The molecule has 1 aliphatic rings. The lowest BCUT2D eigenvalue weighted by Crippen LogP contribution is -2.21. The number of carbonyl (C=O) groups is 2. The third-order valence-electron chi connectivity index (χ3n) is 4.62. The monoisotopic (exact) mass is 393 g/mol. The van der Waals surface area contributed by atoms with Crippen LogP contribution in [0.3, 0.4) is 0 Å². The molecule has 0 atom stereocenters. The molecule has 28 heavy (non-hydrogen) atoms. The number of hydrogen-bond acceptors (Lipinski definition) is 5. The van der Waals surface area contributed by atoms with Gasteiger partial charge < -0.3 is 10.5 Å². The number of primary amides is 1. The van der Waals surface area contributed by atoms with Crippen molar-refractivity contribution in [2.24, 2.45) is 5.73 Å². The Bertz CT molecular complexity index is 1040. The van der Waals surface area contributed by atoms with E-state index in [0.29, 0.717) is 16.4 Å². The fraction of sp³-hybridized carbons (Fsp3) is 0.190. The molecule has 7 heteroatoms. The van der Waals surface area contributed by atoms with E-state index in [1.807, 2.05) is 5.38 Å². The summed E-state index contributed by atoms with van der Waals surface area (Å²) in [5.41, 5.74) is 10.1. The molecule has 142 valence electrons. The Morgan fingerprint density at radius 2 is 1.96 bits per heavy atom. The van der Waals surface area contributed by atoms with Crippen LogP contribution in [0.4, 0.5) is 5.13 Å². The van der Waals surface area contributed by atoms with Gasteiger partial charge in [-0.1, -0.05) is 24.3 Å². The van der Waals surface area contributed by atoms with Gasteiger partial charge in [-0.3, -0.25) is 14.9 Å². The largest absolute Gasteiger partial charge is 0.483 e. The van der Waals surface area contributed by atoms with E-state index in [0.717, 1.165) is 24.1 Å². The highest BCUT2D eigenvalue weighted by Crippen LogP contribution is 2.30. The first-order valence-electron chi connectivity index (χ1n) is 8.99. The summed E-state index contributed by atoms with van der Waals surface area (Å²) < 4.78 is 5.32. The van der Waals surface area contributed by atoms with Crippen LogP contribution < -0.4 is 15.8 Å². The third kappa shape index (κ3) is 3.89. The van der Waals surface area contributed by atoms with Crippen LogP contribution in [-0.4, -0.2) is 23.4 Å². The van der Waals surface area contributed by atoms with E-state index in [2.05, 4.69) is 28.5 Å². The second-order valence-electron chi connectivity index (χ2n) is 6.58. The quantitative estimate of drug-likeness (QED) is 0.671. The van der Waals surface area contributed by atoms with Crippen molar-refractivity contribution in [3.8, 4) is 17.0 Å². The molecule has 2 amide bonds. The lowest BCUT2D eigenvalue weighted by molar-refractivity contribution is -0.119. The van der Waals surface area contributed by atoms with E-state index in [1.54, 1.807) is 24.3 Å². The Hall–Kier alpha value is -3.19. The van der Waals surface area contributed by atoms with Crippen molar-refractivity contribution >= 4 is 28.3 Å². The van der Waals surface area contributed by atoms with Gasteiger partial charge in [0.25, 0.3) is 11.8 Å². The van der Waals surface area contributed by atoms with Gasteiger partial charge in [0.2, 0.25) is 0 Å². The summed E-state index contributed by atoms with van der Waals surface area (Å²) in [5, 5.41) is 5.24. The zero-order chi connectivity index (χ0) is 19.5. The number of ether oxygens (including phenoxy) is 1. The normalized spacial score (nSPS) is 12.4. The van der Waals surface area contributed by atoms with Crippen LogP contribution >= 0.6 is 11.3 Å². The number of thiazole rings is 1. The molecule has 4 rings (SSSR count). The number of fused-ring (bicyclic) bond motifs is 1. The third-order valence-corrected chi connectivity index (χ3v) is 5.38. The number of amides is 2. The van der Waals surface area contributed by atoms with Gasteiger partial charge in [0.05, 0.1) is 11.3 Å². The van der Waals surface area contributed by atoms with Crippen LogP contribution in [0.15, 0.2) is 47.8 Å². The molecule has 0 saturated heterocycles. The van der Waals surface area contributed by atoms with E-state index in [1.165, 1.54) is 28.9 Å². The fourth-order valence-electron chi connectivity index (χ4n) is 3.29. The number of hydrogen-bond donors (Lipinski definition) is 2. The minimum absolute atomic E-state index is 0.288. The maximum Gasteiger partial charge on any atom is 0.261 e. The molecule has 3 N–H and O–H groups in total. The fourth-order valence-corrected chi connectivity index (χ4v) is 4.00. The molecular weight excluding hydrogens is 374 g/mol. The van der Waals surface area contributed by atoms with Crippen molar-refractivity contribution in [3.63, 3.8) is 0 Å². The topological polar surface area (TPSA) is 94.3 Å². The average molecular weight is 393 g/mol. The van der Waals surface area contributed by atoms with Crippen molar-refractivity contribution in [3.05, 3.63) is 64.5 Å². The summed E-state index contributed by atoms with van der Waals surface area (Å²) in [6.45, 7) is -0.288. The summed E-state index contributed by atoms with van der Waals surface area (Å²) in [4.78, 5) is 28.1. The molecule has 0 bridgehead atoms. The Labute approximate surface area is 166 Å². The minimum Gasteiger partial charge on any atom is -0.483 e. The van der Waals surface area contributed by atoms with E-state index in [-0.39, 0.29) is 12.5 Å². The summed E-state index contributed by atoms with van der Waals surface area (Å²) in [5.74, 6) is -0.654. The number of aryl methyl sites for hydroxylation is 2. The van der Waals surface area contributed by atoms with Crippen molar-refractivity contribution < 1.29 is 14.3 Å². The SMILES string of the molecule is NC(=O)COc1ccccc1C(=O)Nc1nc(-c2ccc3c(c2)CCC3)cs1. The van der Waals surface area contributed by atoms with Crippen LogP contribution in [0.1, 0.15) is 27.9 Å². The van der Waals surface area contributed by atoms with E-state index >= 15 is 0 Å². The first-order valence-corrected chi connectivity index (χ1v) is 9.87.